The summed E-state index contributed by atoms with van der Waals surface area (Å²) in [5.41, 5.74) is 0.785. The van der Waals surface area contributed by atoms with E-state index in [9.17, 15) is 19.7 Å². The van der Waals surface area contributed by atoms with Crippen molar-refractivity contribution in [3.63, 3.8) is 0 Å². The Balaban J connectivity index is 1.83. The lowest BCUT2D eigenvalue weighted by Crippen LogP contribution is -2.41. The second-order valence-corrected chi connectivity index (χ2v) is 6.26. The number of benzene rings is 2. The first-order chi connectivity index (χ1) is 13.4. The van der Waals surface area contributed by atoms with Crippen molar-refractivity contribution in [2.24, 2.45) is 0 Å². The van der Waals surface area contributed by atoms with Gasteiger partial charge in [-0.05, 0) is 31.2 Å². The third kappa shape index (κ3) is 3.88. The number of carbonyl (C=O) groups is 2. The minimum absolute atomic E-state index is 0.0379. The van der Waals surface area contributed by atoms with Gasteiger partial charge in [0, 0.05) is 12.5 Å². The molecule has 1 N–H and O–H groups in total. The fourth-order valence-electron chi connectivity index (χ4n) is 3.07. The van der Waals surface area contributed by atoms with E-state index in [1.807, 2.05) is 0 Å². The standard InChI is InChI=1S/C19H19N3O6/c1-12-9-18(23)20-14-5-3-4-6-15(14)21(12)19(24)11-28-17-8-7-13(27-2)10-16(17)22(25)26/h3-8,10,12H,9,11H2,1-2H3,(H,20,23)/t12-/m1/s1. The predicted octanol–water partition coefficient (Wildman–Crippen LogP) is 2.75. The molecular weight excluding hydrogens is 366 g/mol. The van der Waals surface area contributed by atoms with Gasteiger partial charge in [-0.3, -0.25) is 19.7 Å². The van der Waals surface area contributed by atoms with Crippen molar-refractivity contribution >= 4 is 28.9 Å². The number of para-hydroxylation sites is 2. The molecule has 3 rings (SSSR count). The number of hydrogen-bond acceptors (Lipinski definition) is 6. The van der Waals surface area contributed by atoms with Crippen molar-refractivity contribution in [2.45, 2.75) is 19.4 Å². The van der Waals surface area contributed by atoms with Crippen LogP contribution < -0.4 is 19.7 Å². The molecule has 1 heterocycles. The minimum atomic E-state index is -0.602. The third-order valence-electron chi connectivity index (χ3n) is 4.34. The molecule has 0 bridgehead atoms. The van der Waals surface area contributed by atoms with E-state index in [1.165, 1.54) is 30.2 Å². The zero-order valence-corrected chi connectivity index (χ0v) is 15.4. The molecule has 0 unspecified atom stereocenters. The number of hydrogen-bond donors (Lipinski definition) is 1. The number of anilines is 2. The second-order valence-electron chi connectivity index (χ2n) is 6.26. The molecule has 0 fully saturated rings. The van der Waals surface area contributed by atoms with E-state index in [0.29, 0.717) is 17.1 Å². The summed E-state index contributed by atoms with van der Waals surface area (Å²) in [6, 6.07) is 10.7. The first kappa shape index (κ1) is 19.2. The van der Waals surface area contributed by atoms with Crippen molar-refractivity contribution in [2.75, 3.05) is 23.9 Å². The summed E-state index contributed by atoms with van der Waals surface area (Å²) in [5.74, 6) is -0.335. The van der Waals surface area contributed by atoms with Crippen molar-refractivity contribution in [1.82, 2.24) is 0 Å². The number of nitrogens with zero attached hydrogens (tertiary/aromatic N) is 2. The van der Waals surface area contributed by atoms with Crippen LogP contribution in [-0.4, -0.2) is 36.5 Å². The van der Waals surface area contributed by atoms with E-state index >= 15 is 0 Å². The SMILES string of the molecule is COc1ccc(OCC(=O)N2c3ccccc3NC(=O)C[C@H]2C)c([N+](=O)[O-])c1. The fraction of sp³-hybridized carbons (Fsp3) is 0.263. The van der Waals surface area contributed by atoms with Gasteiger partial charge in [0.2, 0.25) is 5.91 Å². The number of carbonyl (C=O) groups excluding carboxylic acids is 2. The van der Waals surface area contributed by atoms with E-state index in [1.54, 1.807) is 31.2 Å². The third-order valence-corrected chi connectivity index (χ3v) is 4.34. The zero-order valence-electron chi connectivity index (χ0n) is 15.4. The van der Waals surface area contributed by atoms with Gasteiger partial charge in [0.15, 0.2) is 12.4 Å². The lowest BCUT2D eigenvalue weighted by Gasteiger charge is -2.27. The van der Waals surface area contributed by atoms with Crippen LogP contribution >= 0.6 is 0 Å². The van der Waals surface area contributed by atoms with Crippen LogP contribution in [0.2, 0.25) is 0 Å². The normalized spacial score (nSPS) is 15.9. The van der Waals surface area contributed by atoms with Crippen molar-refractivity contribution in [3.05, 3.63) is 52.6 Å². The number of nitro benzene ring substituents is 1. The number of amides is 2. The van der Waals surface area contributed by atoms with Crippen LogP contribution in [0.1, 0.15) is 13.3 Å². The lowest BCUT2D eigenvalue weighted by atomic mass is 10.1. The van der Waals surface area contributed by atoms with Gasteiger partial charge in [0.05, 0.1) is 29.5 Å². The Morgan fingerprint density at radius 1 is 1.32 bits per heavy atom. The molecule has 1 atom stereocenters. The molecule has 1 aliphatic rings. The molecule has 2 amide bonds. The van der Waals surface area contributed by atoms with Gasteiger partial charge in [0.25, 0.3) is 5.91 Å². The molecule has 0 aromatic heterocycles. The Hall–Kier alpha value is -3.62. The monoisotopic (exact) mass is 385 g/mol. The zero-order chi connectivity index (χ0) is 20.3. The predicted molar refractivity (Wildman–Crippen MR) is 102 cm³/mol. The quantitative estimate of drug-likeness (QED) is 0.626. The smallest absolute Gasteiger partial charge is 0.314 e. The maximum absolute atomic E-state index is 12.9. The number of rotatable bonds is 5. The van der Waals surface area contributed by atoms with Crippen molar-refractivity contribution in [1.29, 1.82) is 0 Å². The van der Waals surface area contributed by atoms with Crippen LogP contribution in [0.4, 0.5) is 17.1 Å². The van der Waals surface area contributed by atoms with Crippen LogP contribution in [0.3, 0.4) is 0 Å². The fourth-order valence-corrected chi connectivity index (χ4v) is 3.07. The Morgan fingerprint density at radius 3 is 2.79 bits per heavy atom. The Bertz CT molecular complexity index is 930. The van der Waals surface area contributed by atoms with Crippen LogP contribution in [-0.2, 0) is 9.59 Å². The van der Waals surface area contributed by atoms with Crippen LogP contribution in [0.15, 0.2) is 42.5 Å². The van der Waals surface area contributed by atoms with Gasteiger partial charge in [-0.2, -0.15) is 0 Å². The summed E-state index contributed by atoms with van der Waals surface area (Å²) < 4.78 is 10.4. The van der Waals surface area contributed by atoms with E-state index in [0.717, 1.165) is 0 Å². The van der Waals surface area contributed by atoms with E-state index < -0.39 is 23.5 Å². The first-order valence-corrected chi connectivity index (χ1v) is 8.57. The van der Waals surface area contributed by atoms with E-state index in [4.69, 9.17) is 9.47 Å². The summed E-state index contributed by atoms with van der Waals surface area (Å²) >= 11 is 0. The van der Waals surface area contributed by atoms with Gasteiger partial charge in [-0.1, -0.05) is 12.1 Å². The minimum Gasteiger partial charge on any atom is -0.496 e. The summed E-state index contributed by atoms with van der Waals surface area (Å²) in [6.07, 6.45) is 0.128. The highest BCUT2D eigenvalue weighted by Crippen LogP contribution is 2.33. The van der Waals surface area contributed by atoms with Crippen LogP contribution in [0.5, 0.6) is 11.5 Å². The summed E-state index contributed by atoms with van der Waals surface area (Å²) in [7, 11) is 1.40. The molecule has 2 aromatic carbocycles. The highest BCUT2D eigenvalue weighted by Gasteiger charge is 2.30. The van der Waals surface area contributed by atoms with E-state index in [-0.39, 0.29) is 23.8 Å². The molecule has 1 aliphatic heterocycles. The first-order valence-electron chi connectivity index (χ1n) is 8.57. The van der Waals surface area contributed by atoms with Gasteiger partial charge in [-0.25, -0.2) is 0 Å². The highest BCUT2D eigenvalue weighted by molar-refractivity contribution is 6.04. The number of nitrogens with one attached hydrogen (secondary N) is 1. The molecule has 9 heteroatoms. The molecule has 28 heavy (non-hydrogen) atoms. The molecule has 0 saturated heterocycles. The van der Waals surface area contributed by atoms with Gasteiger partial charge in [0.1, 0.15) is 5.75 Å². The van der Waals surface area contributed by atoms with Crippen molar-refractivity contribution in [3.8, 4) is 11.5 Å². The Labute approximate surface area is 161 Å². The topological polar surface area (TPSA) is 111 Å². The molecule has 0 saturated carbocycles. The second kappa shape index (κ2) is 7.95. The maximum atomic E-state index is 12.9. The molecule has 146 valence electrons. The van der Waals surface area contributed by atoms with Crippen molar-refractivity contribution < 1.29 is 24.0 Å². The van der Waals surface area contributed by atoms with E-state index in [2.05, 4.69) is 5.32 Å². The largest absolute Gasteiger partial charge is 0.496 e. The summed E-state index contributed by atoms with van der Waals surface area (Å²) in [5, 5.41) is 14.0. The van der Waals surface area contributed by atoms with Crippen LogP contribution in [0.25, 0.3) is 0 Å². The van der Waals surface area contributed by atoms with Gasteiger partial charge >= 0.3 is 5.69 Å². The molecule has 0 radical (unpaired) electrons. The maximum Gasteiger partial charge on any atom is 0.314 e. The van der Waals surface area contributed by atoms with Gasteiger partial charge < -0.3 is 19.7 Å². The number of methoxy groups -OCH3 is 1. The number of nitro groups is 1. The summed E-state index contributed by atoms with van der Waals surface area (Å²) in [6.45, 7) is 1.34. The Morgan fingerprint density at radius 2 is 2.07 bits per heavy atom. The number of ether oxygens (including phenoxy) is 2. The molecule has 0 spiro atoms. The molecule has 2 aromatic rings. The van der Waals surface area contributed by atoms with Gasteiger partial charge in [-0.15, -0.1) is 0 Å². The lowest BCUT2D eigenvalue weighted by molar-refractivity contribution is -0.385. The number of fused-ring (bicyclic) bond motifs is 1. The summed E-state index contributed by atoms with van der Waals surface area (Å²) in [4.78, 5) is 37.0. The molecule has 0 aliphatic carbocycles. The highest BCUT2D eigenvalue weighted by atomic mass is 16.6. The molecule has 9 nitrogen and oxygen atoms in total. The average Bonchev–Trinajstić information content (AvgIpc) is 2.80. The molecular formula is C19H19N3O6. The Kier molecular flexibility index (Phi) is 5.44. The average molecular weight is 385 g/mol. The van der Waals surface area contributed by atoms with Crippen LogP contribution in [0, 0.1) is 10.1 Å².